The summed E-state index contributed by atoms with van der Waals surface area (Å²) in [7, 11) is 0. The lowest BCUT2D eigenvalue weighted by molar-refractivity contribution is -0.115. The zero-order valence-electron chi connectivity index (χ0n) is 14.0. The van der Waals surface area contributed by atoms with Gasteiger partial charge in [-0.15, -0.1) is 0 Å². The van der Waals surface area contributed by atoms with Crippen LogP contribution in [0, 0.1) is 0 Å². The van der Waals surface area contributed by atoms with Crippen molar-refractivity contribution in [2.45, 2.75) is 32.6 Å². The fourth-order valence-corrected chi connectivity index (χ4v) is 2.37. The molecule has 0 unspecified atom stereocenters. The topological polar surface area (TPSA) is 58.2 Å². The summed E-state index contributed by atoms with van der Waals surface area (Å²) >= 11 is 0. The van der Waals surface area contributed by atoms with Crippen molar-refractivity contribution >= 4 is 17.5 Å². The van der Waals surface area contributed by atoms with Crippen LogP contribution >= 0.6 is 0 Å². The first-order valence-corrected chi connectivity index (χ1v) is 8.41. The quantitative estimate of drug-likeness (QED) is 0.726. The van der Waals surface area contributed by atoms with Crippen molar-refractivity contribution in [2.24, 2.45) is 0 Å². The van der Waals surface area contributed by atoms with Crippen molar-refractivity contribution in [1.82, 2.24) is 5.32 Å². The summed E-state index contributed by atoms with van der Waals surface area (Å²) < 4.78 is 0. The Balaban J connectivity index is 1.83. The number of hydrogen-bond acceptors (Lipinski definition) is 2. The molecule has 0 aliphatic heterocycles. The van der Waals surface area contributed by atoms with E-state index < -0.39 is 0 Å². The van der Waals surface area contributed by atoms with Gasteiger partial charge in [-0.2, -0.15) is 0 Å². The van der Waals surface area contributed by atoms with Gasteiger partial charge in [0.15, 0.2) is 0 Å². The third-order valence-corrected chi connectivity index (χ3v) is 3.70. The number of hydrogen-bond donors (Lipinski definition) is 2. The van der Waals surface area contributed by atoms with Gasteiger partial charge < -0.3 is 10.6 Å². The number of unbranched alkanes of at least 4 members (excludes halogenated alkanes) is 2. The molecular weight excluding hydrogens is 300 g/mol. The number of carbonyl (C=O) groups is 2. The predicted molar refractivity (Wildman–Crippen MR) is 97.1 cm³/mol. The Morgan fingerprint density at radius 2 is 1.62 bits per heavy atom. The maximum absolute atomic E-state index is 12.0. The second-order valence-electron chi connectivity index (χ2n) is 5.75. The third-order valence-electron chi connectivity index (χ3n) is 3.70. The van der Waals surface area contributed by atoms with E-state index in [0.29, 0.717) is 24.2 Å². The maximum atomic E-state index is 12.0. The number of rotatable bonds is 8. The van der Waals surface area contributed by atoms with Gasteiger partial charge in [-0.1, -0.05) is 50.1 Å². The zero-order valence-corrected chi connectivity index (χ0v) is 14.0. The summed E-state index contributed by atoms with van der Waals surface area (Å²) in [5, 5.41) is 5.75. The molecule has 2 N–H and O–H groups in total. The van der Waals surface area contributed by atoms with E-state index in [-0.39, 0.29) is 11.8 Å². The van der Waals surface area contributed by atoms with Crippen molar-refractivity contribution in [1.29, 1.82) is 0 Å². The monoisotopic (exact) mass is 324 g/mol. The summed E-state index contributed by atoms with van der Waals surface area (Å²) in [4.78, 5) is 24.0. The van der Waals surface area contributed by atoms with Crippen molar-refractivity contribution < 1.29 is 9.59 Å². The second kappa shape index (κ2) is 9.50. The molecule has 0 bridgehead atoms. The fourth-order valence-electron chi connectivity index (χ4n) is 2.37. The molecule has 24 heavy (non-hydrogen) atoms. The molecule has 0 fully saturated rings. The molecule has 126 valence electrons. The minimum absolute atomic E-state index is 0.0713. The minimum Gasteiger partial charge on any atom is -0.352 e. The Labute approximate surface area is 143 Å². The predicted octanol–water partition coefficient (Wildman–Crippen LogP) is 3.79. The zero-order chi connectivity index (χ0) is 17.2. The van der Waals surface area contributed by atoms with Gasteiger partial charge in [0.1, 0.15) is 0 Å². The summed E-state index contributed by atoms with van der Waals surface area (Å²) in [5.74, 6) is -0.147. The summed E-state index contributed by atoms with van der Waals surface area (Å²) in [6, 6.07) is 16.6. The molecule has 0 saturated heterocycles. The first-order chi connectivity index (χ1) is 11.7. The normalized spacial score (nSPS) is 10.2. The molecule has 0 aromatic heterocycles. The van der Waals surface area contributed by atoms with Crippen molar-refractivity contribution in [2.75, 3.05) is 11.9 Å². The van der Waals surface area contributed by atoms with E-state index in [1.165, 1.54) is 0 Å². The second-order valence-corrected chi connectivity index (χ2v) is 5.75. The highest BCUT2D eigenvalue weighted by molar-refractivity contribution is 5.96. The molecule has 0 radical (unpaired) electrons. The van der Waals surface area contributed by atoms with Crippen LogP contribution in [0.1, 0.15) is 42.1 Å². The van der Waals surface area contributed by atoms with Crippen LogP contribution in [0.3, 0.4) is 0 Å². The van der Waals surface area contributed by atoms with Crippen molar-refractivity contribution in [3.8, 4) is 0 Å². The van der Waals surface area contributed by atoms with Gasteiger partial charge in [-0.05, 0) is 36.2 Å². The van der Waals surface area contributed by atoms with Gasteiger partial charge in [-0.3, -0.25) is 9.59 Å². The number of amides is 2. The van der Waals surface area contributed by atoms with Gasteiger partial charge in [-0.25, -0.2) is 0 Å². The van der Waals surface area contributed by atoms with Crippen LogP contribution in [-0.2, 0) is 11.2 Å². The van der Waals surface area contributed by atoms with Gasteiger partial charge in [0, 0.05) is 17.8 Å². The number of carbonyl (C=O) groups excluding carboxylic acids is 2. The first-order valence-electron chi connectivity index (χ1n) is 8.41. The average molecular weight is 324 g/mol. The fraction of sp³-hybridized carbons (Fsp3) is 0.300. The standard InChI is InChI=1S/C20H24N2O2/c1-2-3-7-14-21-20(24)17-10-12-18(13-11-17)22-19(23)15-16-8-5-4-6-9-16/h4-6,8-13H,2-3,7,14-15H2,1H3,(H,21,24)(H,22,23). The molecule has 2 aromatic carbocycles. The van der Waals surface area contributed by atoms with Crippen LogP contribution in [0.2, 0.25) is 0 Å². The lowest BCUT2D eigenvalue weighted by Gasteiger charge is -2.08. The molecule has 0 heterocycles. The van der Waals surface area contributed by atoms with E-state index in [4.69, 9.17) is 0 Å². The van der Waals surface area contributed by atoms with E-state index in [9.17, 15) is 9.59 Å². The van der Waals surface area contributed by atoms with E-state index in [2.05, 4.69) is 17.6 Å². The van der Waals surface area contributed by atoms with Crippen LogP contribution in [0.25, 0.3) is 0 Å². The SMILES string of the molecule is CCCCCNC(=O)c1ccc(NC(=O)Cc2ccccc2)cc1. The molecule has 2 aromatic rings. The van der Waals surface area contributed by atoms with Crippen molar-refractivity contribution in [3.63, 3.8) is 0 Å². The molecule has 2 rings (SSSR count). The first kappa shape index (κ1) is 17.7. The molecule has 2 amide bonds. The van der Waals surface area contributed by atoms with Crippen LogP contribution in [0.15, 0.2) is 54.6 Å². The van der Waals surface area contributed by atoms with Gasteiger partial charge in [0.2, 0.25) is 5.91 Å². The van der Waals surface area contributed by atoms with Crippen LogP contribution < -0.4 is 10.6 Å². The van der Waals surface area contributed by atoms with Crippen LogP contribution in [-0.4, -0.2) is 18.4 Å². The Morgan fingerprint density at radius 3 is 2.29 bits per heavy atom. The number of anilines is 1. The smallest absolute Gasteiger partial charge is 0.251 e. The van der Waals surface area contributed by atoms with E-state index in [0.717, 1.165) is 24.8 Å². The lowest BCUT2D eigenvalue weighted by Crippen LogP contribution is -2.24. The lowest BCUT2D eigenvalue weighted by atomic mass is 10.1. The molecule has 0 aliphatic carbocycles. The van der Waals surface area contributed by atoms with E-state index >= 15 is 0 Å². The molecule has 0 saturated carbocycles. The molecule has 0 spiro atoms. The van der Waals surface area contributed by atoms with Gasteiger partial charge >= 0.3 is 0 Å². The minimum atomic E-state index is -0.0757. The highest BCUT2D eigenvalue weighted by atomic mass is 16.2. The number of nitrogens with one attached hydrogen (secondary N) is 2. The maximum Gasteiger partial charge on any atom is 0.251 e. The Kier molecular flexibility index (Phi) is 7.02. The molecule has 4 nitrogen and oxygen atoms in total. The van der Waals surface area contributed by atoms with Gasteiger partial charge in [0.05, 0.1) is 6.42 Å². The Morgan fingerprint density at radius 1 is 0.917 bits per heavy atom. The molecule has 4 heteroatoms. The summed E-state index contributed by atoms with van der Waals surface area (Å²) in [5.41, 5.74) is 2.27. The largest absolute Gasteiger partial charge is 0.352 e. The van der Waals surface area contributed by atoms with Gasteiger partial charge in [0.25, 0.3) is 5.91 Å². The highest BCUT2D eigenvalue weighted by Gasteiger charge is 2.07. The molecular formula is C20H24N2O2. The van der Waals surface area contributed by atoms with Crippen LogP contribution in [0.4, 0.5) is 5.69 Å². The van der Waals surface area contributed by atoms with E-state index in [1.54, 1.807) is 24.3 Å². The summed E-state index contributed by atoms with van der Waals surface area (Å²) in [6.07, 6.45) is 3.58. The highest BCUT2D eigenvalue weighted by Crippen LogP contribution is 2.11. The van der Waals surface area contributed by atoms with Crippen molar-refractivity contribution in [3.05, 3.63) is 65.7 Å². The third kappa shape index (κ3) is 5.88. The van der Waals surface area contributed by atoms with Crippen LogP contribution in [0.5, 0.6) is 0 Å². The number of benzene rings is 2. The Hall–Kier alpha value is -2.62. The molecule has 0 atom stereocenters. The Bertz CT molecular complexity index is 651. The molecule has 0 aliphatic rings. The summed E-state index contributed by atoms with van der Waals surface area (Å²) in [6.45, 7) is 2.83. The van der Waals surface area contributed by atoms with E-state index in [1.807, 2.05) is 30.3 Å². The average Bonchev–Trinajstić information content (AvgIpc) is 2.60.